The lowest BCUT2D eigenvalue weighted by Gasteiger charge is -2.12. The topological polar surface area (TPSA) is 18.8 Å². The maximum atomic E-state index is 13.3. The molecule has 0 atom stereocenters. The summed E-state index contributed by atoms with van der Waals surface area (Å²) in [6.45, 7) is 3.09. The third-order valence-corrected chi connectivity index (χ3v) is 6.42. The second-order valence-corrected chi connectivity index (χ2v) is 8.66. The zero-order valence-electron chi connectivity index (χ0n) is 19.0. The van der Waals surface area contributed by atoms with E-state index in [4.69, 9.17) is 0 Å². The van der Waals surface area contributed by atoms with Crippen LogP contribution in [0.3, 0.4) is 0 Å². The summed E-state index contributed by atoms with van der Waals surface area (Å²) in [6.07, 6.45) is 3.13. The van der Waals surface area contributed by atoms with Crippen molar-refractivity contribution in [2.45, 2.75) is 32.4 Å². The van der Waals surface area contributed by atoms with Crippen LogP contribution in [0.2, 0.25) is 0 Å². The highest BCUT2D eigenvalue weighted by atomic mass is 19.4. The Bertz CT molecular complexity index is 1390. The zero-order chi connectivity index (χ0) is 23.7. The van der Waals surface area contributed by atoms with Crippen LogP contribution in [0.25, 0.3) is 22.0 Å². The molecular weight excluding hydrogens is 433 g/mol. The molecule has 172 valence electrons. The van der Waals surface area contributed by atoms with Gasteiger partial charge >= 0.3 is 6.18 Å². The Balaban J connectivity index is 1.74. The first-order chi connectivity index (χ1) is 16.5. The summed E-state index contributed by atoms with van der Waals surface area (Å²) in [6, 6.07) is 21.8. The SMILES string of the molecule is CCCCC[N+]1=CC(=C(c2ccc(C(F)(F)F)cc2)c2c[nH]c3ccccc23)c2ccccc21. The number of hydrogen-bond donors (Lipinski definition) is 1. The lowest BCUT2D eigenvalue weighted by molar-refractivity contribution is -0.432. The highest BCUT2D eigenvalue weighted by Gasteiger charge is 2.32. The molecule has 4 aromatic rings. The van der Waals surface area contributed by atoms with Gasteiger partial charge in [-0.25, -0.2) is 0 Å². The normalized spacial score (nSPS) is 14.9. The van der Waals surface area contributed by atoms with Crippen LogP contribution in [-0.4, -0.2) is 22.3 Å². The van der Waals surface area contributed by atoms with E-state index >= 15 is 0 Å². The second-order valence-electron chi connectivity index (χ2n) is 8.66. The summed E-state index contributed by atoms with van der Waals surface area (Å²) in [5, 5.41) is 1.04. The summed E-state index contributed by atoms with van der Waals surface area (Å²) in [4.78, 5) is 3.33. The predicted octanol–water partition coefficient (Wildman–Crippen LogP) is 8.06. The second kappa shape index (κ2) is 8.98. The largest absolute Gasteiger partial charge is 0.416 e. The van der Waals surface area contributed by atoms with Crippen molar-refractivity contribution >= 4 is 34.0 Å². The first kappa shape index (κ1) is 22.2. The van der Waals surface area contributed by atoms with Crippen LogP contribution in [0.5, 0.6) is 0 Å². The van der Waals surface area contributed by atoms with E-state index in [9.17, 15) is 13.2 Å². The number of halogens is 3. The maximum Gasteiger partial charge on any atom is 0.416 e. The molecule has 0 amide bonds. The summed E-state index contributed by atoms with van der Waals surface area (Å²) in [5.41, 5.74) is 6.27. The Morgan fingerprint density at radius 1 is 0.882 bits per heavy atom. The Hall–Kier alpha value is -3.60. The number of fused-ring (bicyclic) bond motifs is 2. The lowest BCUT2D eigenvalue weighted by Crippen LogP contribution is -2.05. The zero-order valence-corrected chi connectivity index (χ0v) is 19.0. The van der Waals surface area contributed by atoms with Gasteiger partial charge in [0.25, 0.3) is 0 Å². The van der Waals surface area contributed by atoms with E-state index in [1.165, 1.54) is 12.1 Å². The van der Waals surface area contributed by atoms with Gasteiger partial charge in [0.05, 0.1) is 16.7 Å². The molecule has 0 aliphatic carbocycles. The van der Waals surface area contributed by atoms with Crippen molar-refractivity contribution in [3.05, 3.63) is 101 Å². The fourth-order valence-electron chi connectivity index (χ4n) is 4.72. The summed E-state index contributed by atoms with van der Waals surface area (Å²) in [5.74, 6) is 0. The minimum atomic E-state index is -4.37. The molecule has 1 N–H and O–H groups in total. The van der Waals surface area contributed by atoms with E-state index in [2.05, 4.69) is 34.8 Å². The third-order valence-electron chi connectivity index (χ3n) is 6.42. The first-order valence-electron chi connectivity index (χ1n) is 11.7. The number of nitrogens with zero attached hydrogens (tertiary/aromatic N) is 1. The van der Waals surface area contributed by atoms with E-state index in [1.807, 2.05) is 42.6 Å². The molecule has 0 spiro atoms. The summed E-state index contributed by atoms with van der Waals surface area (Å²) in [7, 11) is 0. The lowest BCUT2D eigenvalue weighted by atomic mass is 9.89. The van der Waals surface area contributed by atoms with Crippen molar-refractivity contribution in [2.75, 3.05) is 6.54 Å². The monoisotopic (exact) mass is 459 g/mol. The molecule has 3 aromatic carbocycles. The molecule has 34 heavy (non-hydrogen) atoms. The third kappa shape index (κ3) is 4.07. The quantitative estimate of drug-likeness (QED) is 0.222. The maximum absolute atomic E-state index is 13.3. The number of allylic oxidation sites excluding steroid dienone is 1. The van der Waals surface area contributed by atoms with Gasteiger partial charge in [-0.2, -0.15) is 17.7 Å². The van der Waals surface area contributed by atoms with Gasteiger partial charge in [0, 0.05) is 40.7 Å². The van der Waals surface area contributed by atoms with Gasteiger partial charge in [0.2, 0.25) is 5.69 Å². The Morgan fingerprint density at radius 3 is 2.38 bits per heavy atom. The summed E-state index contributed by atoms with van der Waals surface area (Å²) < 4.78 is 42.1. The molecule has 5 heteroatoms. The van der Waals surface area contributed by atoms with Gasteiger partial charge in [-0.05, 0) is 36.2 Å². The van der Waals surface area contributed by atoms with Crippen LogP contribution < -0.4 is 0 Å². The standard InChI is InChI=1S/C29H25F3N2/c1-2-3-8-17-34-19-25(23-10-5-7-12-27(23)34)28(20-13-15-21(16-14-20)29(30,31)32)24-18-33-26-11-6-4-9-22(24)26/h4-7,9-16,18-19H,2-3,8,17H2,1H3/p+1. The fourth-order valence-corrected chi connectivity index (χ4v) is 4.72. The van der Waals surface area contributed by atoms with Gasteiger partial charge in [-0.3, -0.25) is 0 Å². The van der Waals surface area contributed by atoms with E-state index in [0.29, 0.717) is 0 Å². The Morgan fingerprint density at radius 2 is 1.62 bits per heavy atom. The molecule has 1 aromatic heterocycles. The molecule has 0 bridgehead atoms. The molecule has 0 saturated carbocycles. The van der Waals surface area contributed by atoms with Crippen molar-refractivity contribution < 1.29 is 17.7 Å². The van der Waals surface area contributed by atoms with Gasteiger partial charge < -0.3 is 4.98 Å². The average Bonchev–Trinajstić information content (AvgIpc) is 3.42. The molecule has 0 radical (unpaired) electrons. The van der Waals surface area contributed by atoms with Crippen molar-refractivity contribution in [2.24, 2.45) is 0 Å². The highest BCUT2D eigenvalue weighted by molar-refractivity contribution is 6.25. The first-order valence-corrected chi connectivity index (χ1v) is 11.7. The van der Waals surface area contributed by atoms with Crippen LogP contribution in [-0.2, 0) is 6.18 Å². The molecule has 0 saturated heterocycles. The fraction of sp³-hybridized carbons (Fsp3) is 0.207. The van der Waals surface area contributed by atoms with E-state index < -0.39 is 11.7 Å². The van der Waals surface area contributed by atoms with E-state index in [-0.39, 0.29) is 0 Å². The molecule has 2 nitrogen and oxygen atoms in total. The smallest absolute Gasteiger partial charge is 0.361 e. The van der Waals surface area contributed by atoms with Crippen molar-refractivity contribution in [1.29, 1.82) is 0 Å². The Labute approximate surface area is 197 Å². The van der Waals surface area contributed by atoms with Crippen molar-refractivity contribution in [3.63, 3.8) is 0 Å². The Kier molecular flexibility index (Phi) is 5.86. The predicted molar refractivity (Wildman–Crippen MR) is 132 cm³/mol. The summed E-state index contributed by atoms with van der Waals surface area (Å²) >= 11 is 0. The number of nitrogens with one attached hydrogen (secondary N) is 1. The number of aromatic nitrogens is 1. The number of H-pyrrole nitrogens is 1. The van der Waals surface area contributed by atoms with Crippen LogP contribution in [0.1, 0.15) is 48.4 Å². The van der Waals surface area contributed by atoms with Crippen LogP contribution >= 0.6 is 0 Å². The number of para-hydroxylation sites is 2. The molecule has 0 fully saturated rings. The van der Waals surface area contributed by atoms with Crippen molar-refractivity contribution in [3.8, 4) is 0 Å². The van der Waals surface area contributed by atoms with Gasteiger partial charge in [0.1, 0.15) is 6.54 Å². The number of unbranched alkanes of at least 4 members (excludes halogenated alkanes) is 2. The molecular formula is C29H26F3N2+. The molecule has 5 rings (SSSR count). The minimum absolute atomic E-state index is 0.642. The highest BCUT2D eigenvalue weighted by Crippen LogP contribution is 2.41. The molecule has 1 aliphatic rings. The molecule has 1 aliphatic heterocycles. The van der Waals surface area contributed by atoms with Crippen LogP contribution in [0.4, 0.5) is 18.9 Å². The number of benzene rings is 3. The van der Waals surface area contributed by atoms with Gasteiger partial charge in [-0.1, -0.05) is 55.8 Å². The average molecular weight is 460 g/mol. The molecule has 2 heterocycles. The number of alkyl halides is 3. The van der Waals surface area contributed by atoms with E-state index in [1.54, 1.807) is 12.1 Å². The number of hydrogen-bond acceptors (Lipinski definition) is 0. The van der Waals surface area contributed by atoms with Crippen LogP contribution in [0.15, 0.2) is 79.0 Å². The minimum Gasteiger partial charge on any atom is -0.361 e. The molecule has 0 unspecified atom stereocenters. The van der Waals surface area contributed by atoms with Gasteiger partial charge in [-0.15, -0.1) is 0 Å². The number of aromatic amines is 1. The number of rotatable bonds is 6. The van der Waals surface area contributed by atoms with Gasteiger partial charge in [0.15, 0.2) is 6.21 Å². The van der Waals surface area contributed by atoms with E-state index in [0.717, 1.165) is 70.2 Å². The van der Waals surface area contributed by atoms with Crippen LogP contribution in [0, 0.1) is 0 Å². The van der Waals surface area contributed by atoms with Crippen molar-refractivity contribution in [1.82, 2.24) is 4.98 Å².